The Morgan fingerprint density at radius 2 is 1.90 bits per heavy atom. The van der Waals surface area contributed by atoms with Gasteiger partial charge in [-0.2, -0.15) is 4.31 Å². The normalized spacial score (nSPS) is 18.9. The lowest BCUT2D eigenvalue weighted by atomic mass is 10.3. The molecule has 0 unspecified atom stereocenters. The van der Waals surface area contributed by atoms with Crippen molar-refractivity contribution in [3.8, 4) is 0 Å². The van der Waals surface area contributed by atoms with Gasteiger partial charge in [0.1, 0.15) is 4.21 Å². The molecule has 1 saturated heterocycles. The first kappa shape index (κ1) is 15.9. The molecule has 7 heteroatoms. The van der Waals surface area contributed by atoms with E-state index in [0.717, 1.165) is 23.5 Å². The number of rotatable bonds is 4. The van der Waals surface area contributed by atoms with Crippen molar-refractivity contribution in [3.05, 3.63) is 16.5 Å². The largest absolute Gasteiger partial charge is 0.326 e. The van der Waals surface area contributed by atoms with Crippen LogP contribution in [0.25, 0.3) is 0 Å². The van der Waals surface area contributed by atoms with Crippen LogP contribution in [0.5, 0.6) is 0 Å². The van der Waals surface area contributed by atoms with Gasteiger partial charge in [0.25, 0.3) is 10.0 Å². The summed E-state index contributed by atoms with van der Waals surface area (Å²) in [6, 6.07) is 2.21. The summed E-state index contributed by atoms with van der Waals surface area (Å²) in [6.07, 6.45) is 0. The summed E-state index contributed by atoms with van der Waals surface area (Å²) in [7, 11) is -3.35. The molecule has 2 heterocycles. The average Bonchev–Trinajstić information content (AvgIpc) is 2.80. The van der Waals surface area contributed by atoms with Crippen molar-refractivity contribution in [2.75, 3.05) is 26.2 Å². The third kappa shape index (κ3) is 3.07. The molecule has 0 spiro atoms. The predicted octanol–water partition coefficient (Wildman–Crippen LogP) is 1.23. The fourth-order valence-corrected chi connectivity index (χ4v) is 5.45. The molecular formula is C13H23N3O2S2. The number of sulfonamides is 1. The van der Waals surface area contributed by atoms with Crippen molar-refractivity contribution in [2.45, 2.75) is 37.6 Å². The smallest absolute Gasteiger partial charge is 0.252 e. The molecule has 2 rings (SSSR count). The summed E-state index contributed by atoms with van der Waals surface area (Å²) in [6.45, 7) is 9.31. The van der Waals surface area contributed by atoms with Crippen molar-refractivity contribution >= 4 is 21.4 Å². The Bertz CT molecular complexity index is 558. The summed E-state index contributed by atoms with van der Waals surface area (Å²) in [4.78, 5) is 3.25. The minimum absolute atomic E-state index is 0.396. The van der Waals surface area contributed by atoms with E-state index < -0.39 is 10.0 Å². The lowest BCUT2D eigenvalue weighted by molar-refractivity contribution is 0.154. The van der Waals surface area contributed by atoms with E-state index in [-0.39, 0.29) is 0 Å². The maximum Gasteiger partial charge on any atom is 0.252 e. The quantitative estimate of drug-likeness (QED) is 0.907. The Balaban J connectivity index is 2.15. The number of aryl methyl sites for hydroxylation is 1. The van der Waals surface area contributed by atoms with Crippen LogP contribution in [0.4, 0.5) is 0 Å². The van der Waals surface area contributed by atoms with Crippen molar-refractivity contribution in [1.82, 2.24) is 9.21 Å². The standard InChI is InChI=1S/C13H23N3O2S2/c1-10(2)15-4-6-16(7-5-15)20(17,18)13-8-11(3)12(9-14)19-13/h8,10H,4-7,9,14H2,1-3H3. The highest BCUT2D eigenvalue weighted by Crippen LogP contribution is 2.28. The molecule has 1 aliphatic rings. The van der Waals surface area contributed by atoms with Crippen LogP contribution in [-0.2, 0) is 16.6 Å². The second-order valence-corrected chi connectivity index (χ2v) is 8.71. The Labute approximate surface area is 125 Å². The summed E-state index contributed by atoms with van der Waals surface area (Å²) >= 11 is 1.30. The van der Waals surface area contributed by atoms with E-state index in [1.807, 2.05) is 6.92 Å². The second-order valence-electron chi connectivity index (χ2n) is 5.41. The van der Waals surface area contributed by atoms with Gasteiger partial charge in [-0.1, -0.05) is 0 Å². The van der Waals surface area contributed by atoms with Crippen LogP contribution >= 0.6 is 11.3 Å². The summed E-state index contributed by atoms with van der Waals surface area (Å²) in [5, 5.41) is 0. The zero-order valence-corrected chi connectivity index (χ0v) is 13.9. The third-order valence-corrected chi connectivity index (χ3v) is 7.39. The molecule has 0 atom stereocenters. The van der Waals surface area contributed by atoms with Gasteiger partial charge in [-0.25, -0.2) is 8.42 Å². The molecule has 0 aromatic carbocycles. The summed E-state index contributed by atoms with van der Waals surface area (Å²) < 4.78 is 27.3. The minimum Gasteiger partial charge on any atom is -0.326 e. The van der Waals surface area contributed by atoms with Crippen molar-refractivity contribution < 1.29 is 8.42 Å². The van der Waals surface area contributed by atoms with Gasteiger partial charge in [-0.05, 0) is 32.4 Å². The van der Waals surface area contributed by atoms with Gasteiger partial charge >= 0.3 is 0 Å². The van der Waals surface area contributed by atoms with Gasteiger partial charge in [-0.15, -0.1) is 11.3 Å². The molecule has 2 N–H and O–H groups in total. The van der Waals surface area contributed by atoms with Gasteiger partial charge in [0.05, 0.1) is 0 Å². The predicted molar refractivity (Wildman–Crippen MR) is 82.4 cm³/mol. The van der Waals surface area contributed by atoms with Crippen molar-refractivity contribution in [1.29, 1.82) is 0 Å². The molecule has 1 fully saturated rings. The molecule has 0 saturated carbocycles. The number of hydrogen-bond donors (Lipinski definition) is 1. The fourth-order valence-electron chi connectivity index (χ4n) is 2.41. The van der Waals surface area contributed by atoms with E-state index in [9.17, 15) is 8.42 Å². The molecule has 1 aromatic rings. The van der Waals surface area contributed by atoms with Gasteiger partial charge in [0.15, 0.2) is 0 Å². The van der Waals surface area contributed by atoms with E-state index in [1.165, 1.54) is 11.3 Å². The van der Waals surface area contributed by atoms with Crippen molar-refractivity contribution in [2.24, 2.45) is 5.73 Å². The molecule has 114 valence electrons. The summed E-state index contributed by atoms with van der Waals surface area (Å²) in [5.41, 5.74) is 6.60. The number of piperazine rings is 1. The van der Waals surface area contributed by atoms with Crippen LogP contribution in [0.2, 0.25) is 0 Å². The highest BCUT2D eigenvalue weighted by Gasteiger charge is 2.30. The van der Waals surface area contributed by atoms with E-state index >= 15 is 0 Å². The molecule has 5 nitrogen and oxygen atoms in total. The maximum atomic E-state index is 12.6. The van der Waals surface area contributed by atoms with E-state index in [1.54, 1.807) is 10.4 Å². The Hall–Kier alpha value is -0.470. The zero-order chi connectivity index (χ0) is 14.9. The molecule has 1 aromatic heterocycles. The highest BCUT2D eigenvalue weighted by molar-refractivity contribution is 7.91. The maximum absolute atomic E-state index is 12.6. The topological polar surface area (TPSA) is 66.6 Å². The first-order chi connectivity index (χ1) is 9.36. The van der Waals surface area contributed by atoms with E-state index in [4.69, 9.17) is 5.73 Å². The third-order valence-electron chi connectivity index (χ3n) is 3.78. The molecule has 0 bridgehead atoms. The number of hydrogen-bond acceptors (Lipinski definition) is 5. The Morgan fingerprint density at radius 1 is 1.30 bits per heavy atom. The van der Waals surface area contributed by atoms with Gasteiger partial charge in [0.2, 0.25) is 0 Å². The molecule has 1 aliphatic heterocycles. The second kappa shape index (κ2) is 6.11. The highest BCUT2D eigenvalue weighted by atomic mass is 32.2. The lowest BCUT2D eigenvalue weighted by Gasteiger charge is -2.35. The first-order valence-corrected chi connectivity index (χ1v) is 9.15. The minimum atomic E-state index is -3.35. The SMILES string of the molecule is Cc1cc(S(=O)(=O)N2CCN(C(C)C)CC2)sc1CN. The molecule has 0 amide bonds. The van der Waals surface area contributed by atoms with E-state index in [2.05, 4.69) is 18.7 Å². The lowest BCUT2D eigenvalue weighted by Crippen LogP contribution is -2.50. The average molecular weight is 317 g/mol. The van der Waals surface area contributed by atoms with Crippen LogP contribution < -0.4 is 5.73 Å². The van der Waals surface area contributed by atoms with Crippen LogP contribution in [0.1, 0.15) is 24.3 Å². The molecule has 0 aliphatic carbocycles. The van der Waals surface area contributed by atoms with Crippen LogP contribution in [0.3, 0.4) is 0 Å². The van der Waals surface area contributed by atoms with Gasteiger partial charge in [-0.3, -0.25) is 4.90 Å². The molecule has 20 heavy (non-hydrogen) atoms. The van der Waals surface area contributed by atoms with Gasteiger partial charge < -0.3 is 5.73 Å². The van der Waals surface area contributed by atoms with Crippen LogP contribution in [0, 0.1) is 6.92 Å². The number of thiophene rings is 1. The summed E-state index contributed by atoms with van der Waals surface area (Å²) in [5.74, 6) is 0. The Kier molecular flexibility index (Phi) is 4.86. The van der Waals surface area contributed by atoms with Crippen molar-refractivity contribution in [3.63, 3.8) is 0 Å². The molecular weight excluding hydrogens is 294 g/mol. The van der Waals surface area contributed by atoms with Crippen LogP contribution in [0.15, 0.2) is 10.3 Å². The van der Waals surface area contributed by atoms with E-state index in [0.29, 0.717) is 29.9 Å². The monoisotopic (exact) mass is 317 g/mol. The van der Waals surface area contributed by atoms with Crippen LogP contribution in [-0.4, -0.2) is 49.8 Å². The molecule has 0 radical (unpaired) electrons. The zero-order valence-electron chi connectivity index (χ0n) is 12.3. The van der Waals surface area contributed by atoms with Gasteiger partial charge in [0, 0.05) is 43.6 Å². The first-order valence-electron chi connectivity index (χ1n) is 6.90. The number of nitrogens with two attached hydrogens (primary N) is 1. The number of nitrogens with zero attached hydrogens (tertiary/aromatic N) is 2. The fraction of sp³-hybridized carbons (Fsp3) is 0.692. The Morgan fingerprint density at radius 3 is 2.35 bits per heavy atom.